The molecule has 6 nitrogen and oxygen atoms in total. The lowest BCUT2D eigenvalue weighted by Gasteiger charge is -2.18. The van der Waals surface area contributed by atoms with Crippen LogP contribution in [0.2, 0.25) is 0 Å². The lowest BCUT2D eigenvalue weighted by Crippen LogP contribution is -2.27. The summed E-state index contributed by atoms with van der Waals surface area (Å²) in [7, 11) is 5.40. The van der Waals surface area contributed by atoms with E-state index in [0.29, 0.717) is 11.3 Å². The van der Waals surface area contributed by atoms with Gasteiger partial charge in [0.15, 0.2) is 0 Å². The first-order valence-corrected chi connectivity index (χ1v) is 9.01. The number of rotatable bonds is 7. The monoisotopic (exact) mass is 367 g/mol. The normalized spacial score (nSPS) is 13.0. The number of benzene rings is 2. The molecule has 0 unspecified atom stereocenters. The van der Waals surface area contributed by atoms with Crippen molar-refractivity contribution in [1.29, 1.82) is 0 Å². The Bertz CT molecular complexity index is 827. The summed E-state index contributed by atoms with van der Waals surface area (Å²) in [5, 5.41) is 5.89. The molecule has 0 aliphatic heterocycles. The number of nitrogens with zero attached hydrogens (tertiary/aromatic N) is 1. The van der Waals surface area contributed by atoms with Crippen molar-refractivity contribution < 1.29 is 14.3 Å². The predicted octanol–water partition coefficient (Wildman–Crippen LogP) is 2.83. The van der Waals surface area contributed by atoms with Gasteiger partial charge in [-0.05, 0) is 48.7 Å². The number of hydrogen-bond donors (Lipinski definition) is 2. The van der Waals surface area contributed by atoms with Crippen molar-refractivity contribution in [1.82, 2.24) is 5.32 Å². The Balaban J connectivity index is 1.71. The fourth-order valence-electron chi connectivity index (χ4n) is 2.81. The first kappa shape index (κ1) is 18.8. The van der Waals surface area contributed by atoms with Crippen molar-refractivity contribution >= 4 is 23.2 Å². The Kier molecular flexibility index (Phi) is 5.64. The minimum absolute atomic E-state index is 0.104. The molecule has 1 aliphatic carbocycles. The van der Waals surface area contributed by atoms with Crippen LogP contribution in [0.15, 0.2) is 42.5 Å². The third-order valence-corrected chi connectivity index (χ3v) is 4.44. The van der Waals surface area contributed by atoms with Crippen molar-refractivity contribution in [3.05, 3.63) is 53.6 Å². The molecule has 1 fully saturated rings. The van der Waals surface area contributed by atoms with E-state index in [9.17, 15) is 9.59 Å². The van der Waals surface area contributed by atoms with Gasteiger partial charge in [-0.15, -0.1) is 0 Å². The highest BCUT2D eigenvalue weighted by Gasteiger charge is 2.25. The van der Waals surface area contributed by atoms with Gasteiger partial charge in [0.1, 0.15) is 5.75 Å². The third-order valence-electron chi connectivity index (χ3n) is 4.44. The number of carbonyl (C=O) groups excluding carboxylic acids is 2. The molecule has 0 radical (unpaired) electrons. The molecule has 2 N–H and O–H groups in total. The fraction of sp³-hybridized carbons (Fsp3) is 0.333. The van der Waals surface area contributed by atoms with Gasteiger partial charge < -0.3 is 20.3 Å². The van der Waals surface area contributed by atoms with Crippen molar-refractivity contribution in [2.45, 2.75) is 25.3 Å². The van der Waals surface area contributed by atoms with Crippen molar-refractivity contribution in [2.75, 3.05) is 31.4 Å². The van der Waals surface area contributed by atoms with Crippen LogP contribution in [0.4, 0.5) is 11.4 Å². The van der Waals surface area contributed by atoms with E-state index in [1.807, 2.05) is 55.4 Å². The molecule has 0 aromatic heterocycles. The van der Waals surface area contributed by atoms with Gasteiger partial charge in [-0.1, -0.05) is 12.1 Å². The van der Waals surface area contributed by atoms with E-state index >= 15 is 0 Å². The highest BCUT2D eigenvalue weighted by molar-refractivity contribution is 6.02. The number of ether oxygens (including phenoxy) is 1. The molecule has 0 saturated heterocycles. The zero-order chi connectivity index (χ0) is 19.4. The average Bonchev–Trinajstić information content (AvgIpc) is 3.46. The summed E-state index contributed by atoms with van der Waals surface area (Å²) in [6.45, 7) is 0. The molecule has 2 amide bonds. The quantitative estimate of drug-likeness (QED) is 0.789. The molecular formula is C21H25N3O3. The summed E-state index contributed by atoms with van der Waals surface area (Å²) >= 11 is 0. The van der Waals surface area contributed by atoms with E-state index in [1.165, 1.54) is 0 Å². The number of nitrogens with one attached hydrogen (secondary N) is 2. The highest BCUT2D eigenvalue weighted by Crippen LogP contribution is 2.25. The first-order chi connectivity index (χ1) is 13.0. The Hall–Kier alpha value is -3.02. The maximum Gasteiger partial charge on any atom is 0.253 e. The number of amides is 2. The van der Waals surface area contributed by atoms with Gasteiger partial charge in [-0.3, -0.25) is 9.59 Å². The fourth-order valence-corrected chi connectivity index (χ4v) is 2.81. The van der Waals surface area contributed by atoms with Gasteiger partial charge in [-0.25, -0.2) is 0 Å². The first-order valence-electron chi connectivity index (χ1n) is 9.01. The van der Waals surface area contributed by atoms with Gasteiger partial charge in [0.05, 0.1) is 19.1 Å². The molecule has 0 spiro atoms. The van der Waals surface area contributed by atoms with Crippen LogP contribution in [-0.2, 0) is 11.2 Å². The van der Waals surface area contributed by atoms with Gasteiger partial charge in [-0.2, -0.15) is 0 Å². The van der Waals surface area contributed by atoms with Crippen LogP contribution in [0.3, 0.4) is 0 Å². The minimum Gasteiger partial charge on any atom is -0.497 e. The van der Waals surface area contributed by atoms with E-state index < -0.39 is 0 Å². The van der Waals surface area contributed by atoms with Crippen LogP contribution < -0.4 is 20.3 Å². The standard InChI is InChI=1S/C21H25N3O3/c1-24(2)19-11-8-16(13-18(19)21(26)23-15-6-7-15)22-20(25)12-14-4-9-17(27-3)10-5-14/h4-5,8-11,13,15H,6-7,12H2,1-3H3,(H,22,25)(H,23,26). The number of carbonyl (C=O) groups is 2. The molecule has 142 valence electrons. The van der Waals surface area contributed by atoms with E-state index in [4.69, 9.17) is 4.74 Å². The highest BCUT2D eigenvalue weighted by atomic mass is 16.5. The molecule has 1 saturated carbocycles. The summed E-state index contributed by atoms with van der Waals surface area (Å²) < 4.78 is 5.13. The summed E-state index contributed by atoms with van der Waals surface area (Å²) in [5.74, 6) is 0.517. The molecule has 0 heterocycles. The largest absolute Gasteiger partial charge is 0.497 e. The molecule has 2 aromatic carbocycles. The summed E-state index contributed by atoms with van der Waals surface area (Å²) in [6.07, 6.45) is 2.31. The Morgan fingerprint density at radius 3 is 2.41 bits per heavy atom. The molecule has 2 aromatic rings. The van der Waals surface area contributed by atoms with Crippen LogP contribution in [-0.4, -0.2) is 39.1 Å². The Labute approximate surface area is 159 Å². The molecule has 6 heteroatoms. The van der Waals surface area contributed by atoms with Crippen LogP contribution in [0.1, 0.15) is 28.8 Å². The summed E-state index contributed by atoms with van der Waals surface area (Å²) in [4.78, 5) is 26.8. The topological polar surface area (TPSA) is 70.7 Å². The van der Waals surface area contributed by atoms with Crippen LogP contribution in [0.25, 0.3) is 0 Å². The van der Waals surface area contributed by atoms with Crippen molar-refractivity contribution in [2.24, 2.45) is 0 Å². The molecule has 3 rings (SSSR count). The zero-order valence-corrected chi connectivity index (χ0v) is 15.9. The smallest absolute Gasteiger partial charge is 0.253 e. The number of hydrogen-bond acceptors (Lipinski definition) is 4. The second-order valence-corrected chi connectivity index (χ2v) is 6.95. The third kappa shape index (κ3) is 5.00. The van der Waals surface area contributed by atoms with Crippen molar-refractivity contribution in [3.8, 4) is 5.75 Å². The average molecular weight is 367 g/mol. The van der Waals surface area contributed by atoms with Crippen molar-refractivity contribution in [3.63, 3.8) is 0 Å². The number of methoxy groups -OCH3 is 1. The lowest BCUT2D eigenvalue weighted by molar-refractivity contribution is -0.115. The molecule has 0 atom stereocenters. The van der Waals surface area contributed by atoms with Crippen LogP contribution in [0.5, 0.6) is 5.75 Å². The van der Waals surface area contributed by atoms with Gasteiger partial charge in [0.2, 0.25) is 5.91 Å². The van der Waals surface area contributed by atoms with Gasteiger partial charge in [0, 0.05) is 31.5 Å². The molecule has 0 bridgehead atoms. The Morgan fingerprint density at radius 1 is 1.11 bits per heavy atom. The van der Waals surface area contributed by atoms with E-state index in [1.54, 1.807) is 13.2 Å². The lowest BCUT2D eigenvalue weighted by atomic mass is 10.1. The molecule has 27 heavy (non-hydrogen) atoms. The van der Waals surface area contributed by atoms with E-state index in [0.717, 1.165) is 29.8 Å². The number of anilines is 2. The van der Waals surface area contributed by atoms with Gasteiger partial charge >= 0.3 is 0 Å². The van der Waals surface area contributed by atoms with E-state index in [2.05, 4.69) is 10.6 Å². The van der Waals surface area contributed by atoms with Crippen LogP contribution >= 0.6 is 0 Å². The van der Waals surface area contributed by atoms with E-state index in [-0.39, 0.29) is 24.3 Å². The summed E-state index contributed by atoms with van der Waals surface area (Å²) in [6, 6.07) is 13.1. The SMILES string of the molecule is COc1ccc(CC(=O)Nc2ccc(N(C)C)c(C(=O)NC3CC3)c2)cc1. The second kappa shape index (κ2) is 8.12. The minimum atomic E-state index is -0.133. The Morgan fingerprint density at radius 2 is 1.81 bits per heavy atom. The predicted molar refractivity (Wildman–Crippen MR) is 107 cm³/mol. The maximum absolute atomic E-state index is 12.5. The molecular weight excluding hydrogens is 342 g/mol. The molecule has 1 aliphatic rings. The second-order valence-electron chi connectivity index (χ2n) is 6.95. The van der Waals surface area contributed by atoms with Gasteiger partial charge in [0.25, 0.3) is 5.91 Å². The van der Waals surface area contributed by atoms with Crippen LogP contribution in [0, 0.1) is 0 Å². The zero-order valence-electron chi connectivity index (χ0n) is 15.9. The maximum atomic E-state index is 12.5. The summed E-state index contributed by atoms with van der Waals surface area (Å²) in [5.41, 5.74) is 2.89.